The Balaban J connectivity index is 2.37. The van der Waals surface area contributed by atoms with Crippen molar-refractivity contribution in [3.05, 3.63) is 0 Å². The molecule has 1 saturated carbocycles. The molecule has 1 aliphatic carbocycles. The van der Waals surface area contributed by atoms with Crippen LogP contribution >= 0.6 is 0 Å². The predicted molar refractivity (Wildman–Crippen MR) is 50.8 cm³/mol. The van der Waals surface area contributed by atoms with Crippen LogP contribution in [0.3, 0.4) is 0 Å². The molecule has 0 bridgehead atoms. The van der Waals surface area contributed by atoms with Crippen LogP contribution in [0.2, 0.25) is 0 Å². The van der Waals surface area contributed by atoms with Crippen molar-refractivity contribution in [3.8, 4) is 0 Å². The molecule has 1 saturated heterocycles. The van der Waals surface area contributed by atoms with Gasteiger partial charge in [0.1, 0.15) is 11.4 Å². The maximum Gasteiger partial charge on any atom is 0.150 e. The molecule has 1 aliphatic heterocycles. The van der Waals surface area contributed by atoms with Crippen molar-refractivity contribution in [1.82, 2.24) is 4.90 Å². The van der Waals surface area contributed by atoms with Crippen LogP contribution in [-0.2, 0) is 4.79 Å². The summed E-state index contributed by atoms with van der Waals surface area (Å²) in [6.07, 6.45) is 0.681. The van der Waals surface area contributed by atoms with Crippen LogP contribution in [0.4, 0.5) is 0 Å². The Kier molecular flexibility index (Phi) is 1.85. The predicted octanol–water partition coefficient (Wildman–Crippen LogP) is -0.609. The highest BCUT2D eigenvalue weighted by Gasteiger charge is 2.76. The number of piperidine rings is 1. The number of aliphatic hydroxyl groups is 2. The van der Waals surface area contributed by atoms with Gasteiger partial charge in [-0.15, -0.1) is 0 Å². The molecule has 1 heterocycles. The van der Waals surface area contributed by atoms with Crippen molar-refractivity contribution in [3.63, 3.8) is 0 Å². The summed E-state index contributed by atoms with van der Waals surface area (Å²) in [5.74, 6) is 0.0127. The molecule has 2 N–H and O–H groups in total. The molecule has 2 aliphatic rings. The summed E-state index contributed by atoms with van der Waals surface area (Å²) in [6, 6.07) is -0.157. The van der Waals surface area contributed by atoms with Crippen LogP contribution in [0, 0.1) is 5.92 Å². The van der Waals surface area contributed by atoms with Crippen LogP contribution < -0.4 is 0 Å². The van der Waals surface area contributed by atoms with E-state index < -0.39 is 11.1 Å². The molecule has 2 rings (SSSR count). The molecule has 80 valence electrons. The molecule has 4 nitrogen and oxygen atoms in total. The molecule has 4 atom stereocenters. The van der Waals surface area contributed by atoms with Crippen LogP contribution in [0.5, 0.6) is 0 Å². The van der Waals surface area contributed by atoms with Crippen molar-refractivity contribution in [1.29, 1.82) is 0 Å². The van der Waals surface area contributed by atoms with Crippen molar-refractivity contribution >= 4 is 5.78 Å². The van der Waals surface area contributed by atoms with E-state index in [-0.39, 0.29) is 24.3 Å². The number of carbonyl (C=O) groups excluding carboxylic acids is 1. The second-order valence-corrected chi connectivity index (χ2v) is 4.67. The van der Waals surface area contributed by atoms with Crippen molar-refractivity contribution in [2.75, 3.05) is 13.7 Å². The summed E-state index contributed by atoms with van der Waals surface area (Å²) in [4.78, 5) is 13.4. The van der Waals surface area contributed by atoms with Crippen molar-refractivity contribution in [2.24, 2.45) is 5.92 Å². The Hall–Kier alpha value is -0.450. The van der Waals surface area contributed by atoms with Gasteiger partial charge >= 0.3 is 0 Å². The van der Waals surface area contributed by atoms with Gasteiger partial charge in [0.05, 0.1) is 12.1 Å². The highest BCUT2D eigenvalue weighted by Crippen LogP contribution is 2.62. The Bertz CT molecular complexity index is 293. The van der Waals surface area contributed by atoms with Gasteiger partial charge in [-0.1, -0.05) is 0 Å². The van der Waals surface area contributed by atoms with E-state index in [4.69, 9.17) is 0 Å². The van der Waals surface area contributed by atoms with Crippen LogP contribution in [0.1, 0.15) is 20.3 Å². The number of carbonyl (C=O) groups is 1. The molecule has 0 aromatic heterocycles. The van der Waals surface area contributed by atoms with Gasteiger partial charge in [-0.2, -0.15) is 0 Å². The standard InChI is InChI=1S/C10H17NO3/c1-6-10(14,5-12)8-4-9(8,7(2)13)11(6)3/h6,8,12,14H,4-5H2,1-3H3. The molecule has 0 radical (unpaired) electrons. The largest absolute Gasteiger partial charge is 0.393 e. The van der Waals surface area contributed by atoms with E-state index in [9.17, 15) is 15.0 Å². The molecular weight excluding hydrogens is 182 g/mol. The van der Waals surface area contributed by atoms with Crippen LogP contribution in [0.25, 0.3) is 0 Å². The van der Waals surface area contributed by atoms with Crippen LogP contribution in [-0.4, -0.2) is 51.7 Å². The Morgan fingerprint density at radius 2 is 2.21 bits per heavy atom. The third-order valence-electron chi connectivity index (χ3n) is 4.33. The molecule has 0 spiro atoms. The molecule has 0 aromatic rings. The lowest BCUT2D eigenvalue weighted by Crippen LogP contribution is -2.49. The number of nitrogens with zero attached hydrogens (tertiary/aromatic N) is 1. The van der Waals surface area contributed by atoms with E-state index in [1.54, 1.807) is 6.92 Å². The van der Waals surface area contributed by atoms with E-state index >= 15 is 0 Å². The van der Waals surface area contributed by atoms with E-state index in [2.05, 4.69) is 0 Å². The molecular formula is C10H17NO3. The minimum Gasteiger partial charge on any atom is -0.393 e. The minimum absolute atomic E-state index is 0.0856. The zero-order valence-corrected chi connectivity index (χ0v) is 8.82. The second-order valence-electron chi connectivity index (χ2n) is 4.67. The first-order valence-corrected chi connectivity index (χ1v) is 4.98. The van der Waals surface area contributed by atoms with Crippen molar-refractivity contribution < 1.29 is 15.0 Å². The van der Waals surface area contributed by atoms with E-state index in [0.717, 1.165) is 0 Å². The first-order valence-electron chi connectivity index (χ1n) is 4.98. The average molecular weight is 199 g/mol. The number of rotatable bonds is 2. The lowest BCUT2D eigenvalue weighted by molar-refractivity contribution is -0.123. The van der Waals surface area contributed by atoms with Gasteiger partial charge in [0.25, 0.3) is 0 Å². The molecule has 0 aromatic carbocycles. The van der Waals surface area contributed by atoms with Crippen LogP contribution in [0.15, 0.2) is 0 Å². The van der Waals surface area contributed by atoms with E-state index in [1.165, 1.54) is 0 Å². The van der Waals surface area contributed by atoms with Gasteiger partial charge in [0.2, 0.25) is 0 Å². The fraction of sp³-hybridized carbons (Fsp3) is 0.900. The maximum absolute atomic E-state index is 11.5. The maximum atomic E-state index is 11.5. The average Bonchev–Trinajstić information content (AvgIpc) is 2.87. The van der Waals surface area contributed by atoms with Gasteiger partial charge in [-0.3, -0.25) is 9.69 Å². The van der Waals surface area contributed by atoms with Crippen molar-refractivity contribution in [2.45, 2.75) is 37.5 Å². The fourth-order valence-corrected chi connectivity index (χ4v) is 3.08. The minimum atomic E-state index is -1.10. The van der Waals surface area contributed by atoms with Gasteiger partial charge in [0, 0.05) is 12.0 Å². The monoisotopic (exact) mass is 199 g/mol. The van der Waals surface area contributed by atoms with Gasteiger partial charge in [-0.05, 0) is 27.3 Å². The summed E-state index contributed by atoms with van der Waals surface area (Å²) >= 11 is 0. The molecule has 14 heavy (non-hydrogen) atoms. The van der Waals surface area contributed by atoms with Gasteiger partial charge in [0.15, 0.2) is 0 Å². The summed E-state index contributed by atoms with van der Waals surface area (Å²) < 4.78 is 0. The smallest absolute Gasteiger partial charge is 0.150 e. The quantitative estimate of drug-likeness (QED) is 0.623. The summed E-state index contributed by atoms with van der Waals surface area (Å²) in [5.41, 5.74) is -1.59. The lowest BCUT2D eigenvalue weighted by atomic mass is 9.92. The molecule has 2 fully saturated rings. The number of likely N-dealkylation sites (tertiary alicyclic amines) is 1. The number of aliphatic hydroxyl groups excluding tert-OH is 1. The highest BCUT2D eigenvalue weighted by atomic mass is 16.3. The number of hydrogen-bond donors (Lipinski definition) is 2. The topological polar surface area (TPSA) is 60.8 Å². The number of hydrogen-bond acceptors (Lipinski definition) is 4. The van der Waals surface area contributed by atoms with E-state index in [1.807, 2.05) is 18.9 Å². The van der Waals surface area contributed by atoms with Gasteiger partial charge in [-0.25, -0.2) is 0 Å². The fourth-order valence-electron chi connectivity index (χ4n) is 3.08. The zero-order chi connectivity index (χ0) is 10.7. The van der Waals surface area contributed by atoms with Gasteiger partial charge < -0.3 is 10.2 Å². The first-order chi connectivity index (χ1) is 6.41. The third-order valence-corrected chi connectivity index (χ3v) is 4.33. The Morgan fingerprint density at radius 3 is 2.50 bits per heavy atom. The number of likely N-dealkylation sites (N-methyl/N-ethyl adjacent to an activating group) is 1. The molecule has 4 heteroatoms. The zero-order valence-electron chi connectivity index (χ0n) is 8.82. The number of ketones is 1. The normalized spacial score (nSPS) is 51.8. The number of Topliss-reactive ketones (excluding diaryl/α,β-unsaturated/α-hetero) is 1. The molecule has 0 amide bonds. The Morgan fingerprint density at radius 1 is 1.64 bits per heavy atom. The Labute approximate surface area is 83.5 Å². The number of fused-ring (bicyclic) bond motifs is 1. The summed E-state index contributed by atoms with van der Waals surface area (Å²) in [7, 11) is 1.85. The SMILES string of the molecule is CC(=O)C12CC1C(O)(CO)C(C)N2C. The highest BCUT2D eigenvalue weighted by molar-refractivity contribution is 5.91. The summed E-state index contributed by atoms with van der Waals surface area (Å²) in [5, 5.41) is 19.4. The second kappa shape index (κ2) is 2.56. The molecule has 4 unspecified atom stereocenters. The van der Waals surface area contributed by atoms with E-state index in [0.29, 0.717) is 6.42 Å². The third kappa shape index (κ3) is 0.822. The summed E-state index contributed by atoms with van der Waals surface area (Å²) in [6.45, 7) is 3.15. The first kappa shape index (κ1) is 10.1. The lowest BCUT2D eigenvalue weighted by Gasteiger charge is -2.33.